The Morgan fingerprint density at radius 3 is 3.00 bits per heavy atom. The normalized spacial score (nSPS) is 23.9. The van der Waals surface area contributed by atoms with E-state index in [1.165, 1.54) is 25.0 Å². The zero-order chi connectivity index (χ0) is 12.3. The summed E-state index contributed by atoms with van der Waals surface area (Å²) in [6, 6.07) is 2.52. The molecule has 2 rings (SSSR count). The maximum absolute atomic E-state index is 4.41. The Balaban J connectivity index is 1.93. The SMILES string of the molecule is CCSC1CCC(Nc2cc(Br)nc(C)n2)C1. The highest BCUT2D eigenvalue weighted by Crippen LogP contribution is 2.31. The molecule has 1 aliphatic rings. The summed E-state index contributed by atoms with van der Waals surface area (Å²) in [4.78, 5) is 8.62. The van der Waals surface area contributed by atoms with Gasteiger partial charge in [-0.05, 0) is 47.9 Å². The molecule has 0 amide bonds. The van der Waals surface area contributed by atoms with Crippen LogP contribution in [0.3, 0.4) is 0 Å². The van der Waals surface area contributed by atoms with Gasteiger partial charge in [-0.2, -0.15) is 11.8 Å². The predicted octanol–water partition coefficient (Wildman–Crippen LogP) is 3.63. The van der Waals surface area contributed by atoms with E-state index in [2.05, 4.69) is 49.9 Å². The van der Waals surface area contributed by atoms with Gasteiger partial charge in [0.15, 0.2) is 0 Å². The fourth-order valence-electron chi connectivity index (χ4n) is 2.27. The van der Waals surface area contributed by atoms with Gasteiger partial charge in [0.2, 0.25) is 0 Å². The monoisotopic (exact) mass is 315 g/mol. The molecule has 1 aromatic heterocycles. The van der Waals surface area contributed by atoms with Crippen LogP contribution in [0.1, 0.15) is 32.0 Å². The van der Waals surface area contributed by atoms with Crippen LogP contribution in [0.4, 0.5) is 5.82 Å². The molecule has 1 aromatic rings. The van der Waals surface area contributed by atoms with E-state index >= 15 is 0 Å². The molecule has 1 N–H and O–H groups in total. The van der Waals surface area contributed by atoms with E-state index < -0.39 is 0 Å². The molecule has 0 aliphatic heterocycles. The van der Waals surface area contributed by atoms with Gasteiger partial charge in [-0.25, -0.2) is 9.97 Å². The van der Waals surface area contributed by atoms with Gasteiger partial charge in [-0.1, -0.05) is 6.92 Å². The molecule has 3 nitrogen and oxygen atoms in total. The van der Waals surface area contributed by atoms with Crippen molar-refractivity contribution < 1.29 is 0 Å². The van der Waals surface area contributed by atoms with Crippen molar-refractivity contribution in [3.63, 3.8) is 0 Å². The summed E-state index contributed by atoms with van der Waals surface area (Å²) in [5, 5.41) is 4.34. The number of nitrogens with one attached hydrogen (secondary N) is 1. The third kappa shape index (κ3) is 3.85. The van der Waals surface area contributed by atoms with Crippen LogP contribution in [0.15, 0.2) is 10.7 Å². The van der Waals surface area contributed by atoms with Crippen molar-refractivity contribution in [3.8, 4) is 0 Å². The number of nitrogens with zero attached hydrogens (tertiary/aromatic N) is 2. The Labute approximate surface area is 115 Å². The van der Waals surface area contributed by atoms with Gasteiger partial charge in [-0.15, -0.1) is 0 Å². The zero-order valence-electron chi connectivity index (χ0n) is 10.2. The second-order valence-electron chi connectivity index (χ2n) is 4.35. The van der Waals surface area contributed by atoms with Crippen LogP contribution in [-0.4, -0.2) is 27.0 Å². The number of rotatable bonds is 4. The largest absolute Gasteiger partial charge is 0.367 e. The number of halogens is 1. The molecule has 1 heterocycles. The first kappa shape index (κ1) is 13.1. The lowest BCUT2D eigenvalue weighted by Gasteiger charge is -2.14. The summed E-state index contributed by atoms with van der Waals surface area (Å²) >= 11 is 5.48. The molecule has 0 aromatic carbocycles. The summed E-state index contributed by atoms with van der Waals surface area (Å²) < 4.78 is 0.852. The molecule has 17 heavy (non-hydrogen) atoms. The standard InChI is InChI=1S/C12H18BrN3S/c1-3-17-10-5-4-9(6-10)16-12-7-11(13)14-8(2)15-12/h7,9-10H,3-6H2,1-2H3,(H,14,15,16). The fourth-order valence-corrected chi connectivity index (χ4v) is 3.89. The molecular formula is C12H18BrN3S. The molecule has 0 bridgehead atoms. The van der Waals surface area contributed by atoms with Crippen LogP contribution < -0.4 is 5.32 Å². The van der Waals surface area contributed by atoms with Gasteiger partial charge in [0.05, 0.1) is 0 Å². The summed E-state index contributed by atoms with van der Waals surface area (Å²) in [5.41, 5.74) is 0. The van der Waals surface area contributed by atoms with Crippen LogP contribution >= 0.6 is 27.7 Å². The van der Waals surface area contributed by atoms with Crippen LogP contribution in [-0.2, 0) is 0 Å². The van der Waals surface area contributed by atoms with Crippen LogP contribution in [0.5, 0.6) is 0 Å². The van der Waals surface area contributed by atoms with Crippen LogP contribution in [0, 0.1) is 6.92 Å². The maximum Gasteiger partial charge on any atom is 0.131 e. The van der Waals surface area contributed by atoms with E-state index in [1.54, 1.807) is 0 Å². The Morgan fingerprint density at radius 2 is 2.29 bits per heavy atom. The van der Waals surface area contributed by atoms with Crippen molar-refractivity contribution >= 4 is 33.5 Å². The third-order valence-corrected chi connectivity index (χ3v) is 4.58. The Morgan fingerprint density at radius 1 is 1.47 bits per heavy atom. The lowest BCUT2D eigenvalue weighted by Crippen LogP contribution is -2.17. The minimum absolute atomic E-state index is 0.570. The molecule has 1 saturated carbocycles. The smallest absolute Gasteiger partial charge is 0.131 e. The summed E-state index contributed by atoms with van der Waals surface area (Å²) in [5.74, 6) is 2.96. The zero-order valence-corrected chi connectivity index (χ0v) is 12.6. The van der Waals surface area contributed by atoms with E-state index in [4.69, 9.17) is 0 Å². The average molecular weight is 316 g/mol. The first-order valence-corrected chi connectivity index (χ1v) is 7.91. The highest BCUT2D eigenvalue weighted by Gasteiger charge is 2.24. The van der Waals surface area contributed by atoms with Gasteiger partial charge < -0.3 is 5.32 Å². The van der Waals surface area contributed by atoms with E-state index in [1.807, 2.05) is 13.0 Å². The number of anilines is 1. The molecule has 94 valence electrons. The first-order chi connectivity index (χ1) is 8.17. The number of hydrogen-bond donors (Lipinski definition) is 1. The van der Waals surface area contributed by atoms with Gasteiger partial charge in [0, 0.05) is 17.4 Å². The number of hydrogen-bond acceptors (Lipinski definition) is 4. The molecule has 2 unspecified atom stereocenters. The highest BCUT2D eigenvalue weighted by atomic mass is 79.9. The Kier molecular flexibility index (Phi) is 4.68. The molecule has 2 atom stereocenters. The molecule has 1 aliphatic carbocycles. The Hall–Kier alpha value is -0.290. The van der Waals surface area contributed by atoms with E-state index in [0.717, 1.165) is 21.5 Å². The molecule has 1 fully saturated rings. The molecule has 0 saturated heterocycles. The van der Waals surface area contributed by atoms with Gasteiger partial charge in [0.1, 0.15) is 16.2 Å². The van der Waals surface area contributed by atoms with Gasteiger partial charge in [0.25, 0.3) is 0 Å². The molecule has 5 heteroatoms. The van der Waals surface area contributed by atoms with Crippen molar-refractivity contribution in [3.05, 3.63) is 16.5 Å². The predicted molar refractivity (Wildman–Crippen MR) is 77.7 cm³/mol. The lowest BCUT2D eigenvalue weighted by atomic mass is 10.2. The van der Waals surface area contributed by atoms with Crippen LogP contribution in [0.25, 0.3) is 0 Å². The average Bonchev–Trinajstić information content (AvgIpc) is 2.64. The molecule has 0 spiro atoms. The van der Waals surface area contributed by atoms with Crippen LogP contribution in [0.2, 0.25) is 0 Å². The number of aryl methyl sites for hydroxylation is 1. The fraction of sp³-hybridized carbons (Fsp3) is 0.667. The minimum Gasteiger partial charge on any atom is -0.367 e. The van der Waals surface area contributed by atoms with Crippen molar-refractivity contribution in [2.24, 2.45) is 0 Å². The second-order valence-corrected chi connectivity index (χ2v) is 6.74. The molecular weight excluding hydrogens is 298 g/mol. The summed E-state index contributed by atoms with van der Waals surface area (Å²) in [6.45, 7) is 4.15. The van der Waals surface area contributed by atoms with Crippen molar-refractivity contribution in [2.75, 3.05) is 11.1 Å². The topological polar surface area (TPSA) is 37.8 Å². The molecule has 0 radical (unpaired) electrons. The maximum atomic E-state index is 4.41. The third-order valence-electron chi connectivity index (χ3n) is 2.95. The van der Waals surface area contributed by atoms with E-state index in [-0.39, 0.29) is 0 Å². The highest BCUT2D eigenvalue weighted by molar-refractivity contribution is 9.10. The Bertz CT molecular complexity index is 366. The van der Waals surface area contributed by atoms with Gasteiger partial charge in [-0.3, -0.25) is 0 Å². The lowest BCUT2D eigenvalue weighted by molar-refractivity contribution is 0.749. The van der Waals surface area contributed by atoms with Gasteiger partial charge >= 0.3 is 0 Å². The van der Waals surface area contributed by atoms with E-state index in [0.29, 0.717) is 6.04 Å². The minimum atomic E-state index is 0.570. The van der Waals surface area contributed by atoms with Crippen molar-refractivity contribution in [2.45, 2.75) is 44.4 Å². The van der Waals surface area contributed by atoms with Crippen molar-refractivity contribution in [1.29, 1.82) is 0 Å². The first-order valence-electron chi connectivity index (χ1n) is 6.06. The quantitative estimate of drug-likeness (QED) is 0.861. The van der Waals surface area contributed by atoms with E-state index in [9.17, 15) is 0 Å². The summed E-state index contributed by atoms with van der Waals surface area (Å²) in [7, 11) is 0. The van der Waals surface area contributed by atoms with Crippen molar-refractivity contribution in [1.82, 2.24) is 9.97 Å². The number of aromatic nitrogens is 2. The second kappa shape index (κ2) is 6.05. The summed E-state index contributed by atoms with van der Waals surface area (Å²) in [6.07, 6.45) is 3.82. The number of thioether (sulfide) groups is 1.